The Labute approximate surface area is 212 Å². The molecule has 0 saturated carbocycles. The smallest absolute Gasteiger partial charge is 0.316 e. The number of benzene rings is 2. The van der Waals surface area contributed by atoms with Crippen molar-refractivity contribution in [2.75, 3.05) is 12.4 Å². The summed E-state index contributed by atoms with van der Waals surface area (Å²) in [6.07, 6.45) is 0. The highest BCUT2D eigenvalue weighted by Gasteiger charge is 2.21. The Morgan fingerprint density at radius 1 is 1.15 bits per heavy atom. The molecule has 4 aromatic rings. The number of carbonyl (C=O) groups excluding carboxylic acids is 1. The molecule has 4 rings (SSSR count). The third kappa shape index (κ3) is 4.70. The van der Waals surface area contributed by atoms with E-state index in [0.717, 1.165) is 21.3 Å². The standard InChI is InChI=1S/C23H20BrN3O3S3/c1-4-30-17(28)12-32-22-25-20-19(21(29)26(22)16-10-8-15(24)9-11-16)33-23(31)27(20)18-13(2)6-5-7-14(18)3/h5-11H,4,12H2,1-3H3. The van der Waals surface area contributed by atoms with E-state index in [2.05, 4.69) is 15.9 Å². The van der Waals surface area contributed by atoms with E-state index in [9.17, 15) is 9.59 Å². The van der Waals surface area contributed by atoms with Crippen LogP contribution in [0.1, 0.15) is 18.1 Å². The van der Waals surface area contributed by atoms with Gasteiger partial charge in [-0.3, -0.25) is 18.7 Å². The van der Waals surface area contributed by atoms with Gasteiger partial charge >= 0.3 is 5.97 Å². The van der Waals surface area contributed by atoms with E-state index in [1.54, 1.807) is 6.92 Å². The highest BCUT2D eigenvalue weighted by Crippen LogP contribution is 2.30. The number of fused-ring (bicyclic) bond motifs is 1. The molecule has 2 heterocycles. The van der Waals surface area contributed by atoms with E-state index in [0.29, 0.717) is 31.8 Å². The molecular formula is C23H20BrN3O3S3. The zero-order valence-electron chi connectivity index (χ0n) is 18.1. The minimum atomic E-state index is -0.365. The Bertz CT molecular complexity index is 1450. The van der Waals surface area contributed by atoms with E-state index >= 15 is 0 Å². The van der Waals surface area contributed by atoms with E-state index in [1.807, 2.05) is 60.9 Å². The Morgan fingerprint density at radius 3 is 2.45 bits per heavy atom. The molecule has 6 nitrogen and oxygen atoms in total. The molecule has 0 spiro atoms. The summed E-state index contributed by atoms with van der Waals surface area (Å²) >= 11 is 11.5. The van der Waals surface area contributed by atoms with Gasteiger partial charge in [0.15, 0.2) is 14.8 Å². The van der Waals surface area contributed by atoms with Crippen LogP contribution in [-0.4, -0.2) is 32.4 Å². The lowest BCUT2D eigenvalue weighted by Gasteiger charge is -2.14. The normalized spacial score (nSPS) is 11.2. The Hall–Kier alpha value is -2.27. The molecule has 0 aliphatic carbocycles. The number of aromatic nitrogens is 3. The maximum absolute atomic E-state index is 13.7. The van der Waals surface area contributed by atoms with Crippen molar-refractivity contribution in [3.05, 3.63) is 72.4 Å². The SMILES string of the molecule is CCOC(=O)CSc1nc2c(sc(=S)n2-c2c(C)cccc2C)c(=O)n1-c1ccc(Br)cc1. The van der Waals surface area contributed by atoms with Crippen molar-refractivity contribution >= 4 is 67.6 Å². The van der Waals surface area contributed by atoms with Crippen LogP contribution in [0.4, 0.5) is 0 Å². The number of nitrogens with zero attached hydrogens (tertiary/aromatic N) is 3. The number of rotatable bonds is 6. The number of thiazole rings is 1. The lowest BCUT2D eigenvalue weighted by molar-refractivity contribution is -0.139. The molecule has 0 N–H and O–H groups in total. The van der Waals surface area contributed by atoms with Crippen molar-refractivity contribution in [1.82, 2.24) is 14.1 Å². The largest absolute Gasteiger partial charge is 0.465 e. The Balaban J connectivity index is 1.99. The summed E-state index contributed by atoms with van der Waals surface area (Å²) < 4.78 is 10.4. The van der Waals surface area contributed by atoms with Crippen LogP contribution in [0.5, 0.6) is 0 Å². The predicted octanol–water partition coefficient (Wildman–Crippen LogP) is 6.00. The quantitative estimate of drug-likeness (QED) is 0.124. The lowest BCUT2D eigenvalue weighted by atomic mass is 10.1. The monoisotopic (exact) mass is 561 g/mol. The van der Waals surface area contributed by atoms with Gasteiger partial charge in [-0.05, 0) is 68.4 Å². The Morgan fingerprint density at radius 2 is 1.82 bits per heavy atom. The number of carbonyl (C=O) groups is 1. The topological polar surface area (TPSA) is 66.1 Å². The molecule has 2 aromatic heterocycles. The molecule has 10 heteroatoms. The van der Waals surface area contributed by atoms with Crippen molar-refractivity contribution in [2.45, 2.75) is 25.9 Å². The number of para-hydroxylation sites is 1. The van der Waals surface area contributed by atoms with Crippen molar-refractivity contribution < 1.29 is 9.53 Å². The van der Waals surface area contributed by atoms with Crippen molar-refractivity contribution in [2.24, 2.45) is 0 Å². The predicted molar refractivity (Wildman–Crippen MR) is 140 cm³/mol. The number of aryl methyl sites for hydroxylation is 2. The van der Waals surface area contributed by atoms with Crippen LogP contribution < -0.4 is 5.56 Å². The van der Waals surface area contributed by atoms with Gasteiger partial charge in [-0.2, -0.15) is 0 Å². The molecule has 0 fully saturated rings. The summed E-state index contributed by atoms with van der Waals surface area (Å²) in [6.45, 7) is 6.07. The van der Waals surface area contributed by atoms with Gasteiger partial charge in [-0.15, -0.1) is 0 Å². The molecular weight excluding hydrogens is 542 g/mol. The van der Waals surface area contributed by atoms with Gasteiger partial charge < -0.3 is 4.74 Å². The maximum Gasteiger partial charge on any atom is 0.316 e. The third-order valence-electron chi connectivity index (χ3n) is 4.95. The van der Waals surface area contributed by atoms with Crippen LogP contribution in [0.25, 0.3) is 21.7 Å². The molecule has 0 amide bonds. The van der Waals surface area contributed by atoms with Gasteiger partial charge in [-0.25, -0.2) is 4.98 Å². The van der Waals surface area contributed by atoms with Crippen LogP contribution in [-0.2, 0) is 9.53 Å². The first-order chi connectivity index (χ1) is 15.8. The number of hydrogen-bond acceptors (Lipinski definition) is 7. The van der Waals surface area contributed by atoms with Gasteiger partial charge in [0.25, 0.3) is 5.56 Å². The molecule has 0 bridgehead atoms. The first kappa shape index (κ1) is 23.9. The summed E-state index contributed by atoms with van der Waals surface area (Å²) in [5, 5.41) is 0.399. The molecule has 0 aliphatic heterocycles. The van der Waals surface area contributed by atoms with Gasteiger partial charge in [0.1, 0.15) is 4.70 Å². The zero-order valence-corrected chi connectivity index (χ0v) is 22.2. The molecule has 0 atom stereocenters. The maximum atomic E-state index is 13.7. The second kappa shape index (κ2) is 9.92. The second-order valence-corrected chi connectivity index (χ2v) is 10.7. The van der Waals surface area contributed by atoms with Crippen LogP contribution in [0.15, 0.2) is 56.9 Å². The van der Waals surface area contributed by atoms with Gasteiger partial charge in [0, 0.05) is 4.47 Å². The van der Waals surface area contributed by atoms with Crippen LogP contribution >= 0.6 is 51.2 Å². The molecule has 33 heavy (non-hydrogen) atoms. The van der Waals surface area contributed by atoms with E-state index in [-0.39, 0.29) is 17.3 Å². The average molecular weight is 563 g/mol. The average Bonchev–Trinajstić information content (AvgIpc) is 3.10. The summed E-state index contributed by atoms with van der Waals surface area (Å²) in [5.41, 5.74) is 3.91. The first-order valence-corrected chi connectivity index (χ1v) is 13.1. The number of hydrogen-bond donors (Lipinski definition) is 0. The third-order valence-corrected chi connectivity index (χ3v) is 7.74. The van der Waals surface area contributed by atoms with Gasteiger partial charge in [0.2, 0.25) is 0 Å². The minimum absolute atomic E-state index is 0.0383. The van der Waals surface area contributed by atoms with E-state index < -0.39 is 0 Å². The van der Waals surface area contributed by atoms with Crippen molar-refractivity contribution in [3.8, 4) is 11.4 Å². The second-order valence-electron chi connectivity index (χ2n) is 7.20. The van der Waals surface area contributed by atoms with Gasteiger partial charge in [0.05, 0.1) is 23.7 Å². The van der Waals surface area contributed by atoms with Gasteiger partial charge in [-0.1, -0.05) is 57.2 Å². The minimum Gasteiger partial charge on any atom is -0.465 e. The fraction of sp³-hybridized carbons (Fsp3) is 0.217. The number of ether oxygens (including phenoxy) is 1. The van der Waals surface area contributed by atoms with Crippen molar-refractivity contribution in [3.63, 3.8) is 0 Å². The summed E-state index contributed by atoms with van der Waals surface area (Å²) in [6, 6.07) is 13.4. The Kier molecular flexibility index (Phi) is 7.18. The zero-order chi connectivity index (χ0) is 23.7. The van der Waals surface area contributed by atoms with E-state index in [1.165, 1.54) is 27.7 Å². The summed E-state index contributed by atoms with van der Waals surface area (Å²) in [7, 11) is 0. The molecule has 170 valence electrons. The highest BCUT2D eigenvalue weighted by atomic mass is 79.9. The van der Waals surface area contributed by atoms with E-state index in [4.69, 9.17) is 21.9 Å². The fourth-order valence-electron chi connectivity index (χ4n) is 3.53. The molecule has 0 aliphatic rings. The lowest BCUT2D eigenvalue weighted by Crippen LogP contribution is -2.22. The fourth-order valence-corrected chi connectivity index (χ4v) is 5.87. The number of thioether (sulfide) groups is 1. The number of esters is 1. The summed E-state index contributed by atoms with van der Waals surface area (Å²) in [4.78, 5) is 30.6. The van der Waals surface area contributed by atoms with Crippen LogP contribution in [0.3, 0.4) is 0 Å². The van der Waals surface area contributed by atoms with Crippen molar-refractivity contribution in [1.29, 1.82) is 0 Å². The molecule has 2 aromatic carbocycles. The van der Waals surface area contributed by atoms with Crippen LogP contribution in [0, 0.1) is 17.8 Å². The number of halogens is 1. The first-order valence-electron chi connectivity index (χ1n) is 10.1. The summed E-state index contributed by atoms with van der Waals surface area (Å²) in [5.74, 6) is -0.326. The molecule has 0 unspecified atom stereocenters. The highest BCUT2D eigenvalue weighted by molar-refractivity contribution is 9.10. The van der Waals surface area contributed by atoms with Crippen LogP contribution in [0.2, 0.25) is 0 Å². The molecule has 0 radical (unpaired) electrons. The molecule has 0 saturated heterocycles.